The molecule has 3 nitrogen and oxygen atoms in total. The molecule has 0 aromatic carbocycles. The van der Waals surface area contributed by atoms with Gasteiger partial charge in [0.1, 0.15) is 0 Å². The van der Waals surface area contributed by atoms with E-state index in [1.807, 2.05) is 11.8 Å². The Hall–Kier alpha value is -0.280. The number of ether oxygens (including phenoxy) is 1. The van der Waals surface area contributed by atoms with Crippen molar-refractivity contribution in [3.63, 3.8) is 0 Å². The molecule has 4 heteroatoms. The Kier molecular flexibility index (Phi) is 3.82. The molecule has 1 unspecified atom stereocenters. The highest BCUT2D eigenvalue weighted by Crippen LogP contribution is 2.06. The smallest absolute Gasteiger partial charge is 0.226 e. The summed E-state index contributed by atoms with van der Waals surface area (Å²) in [5, 5.41) is 0. The Morgan fingerprint density at radius 3 is 2.67 bits per heavy atom. The van der Waals surface area contributed by atoms with Gasteiger partial charge in [-0.2, -0.15) is 0 Å². The average molecular weight is 192 g/mol. The third-order valence-electron chi connectivity index (χ3n) is 1.98. The second kappa shape index (κ2) is 4.67. The van der Waals surface area contributed by atoms with Crippen LogP contribution in [0.3, 0.4) is 0 Å². The predicted molar refractivity (Wildman–Crippen MR) is 47.3 cm³/mol. The largest absolute Gasteiger partial charge is 0.378 e. The Balaban J connectivity index is 2.39. The lowest BCUT2D eigenvalue weighted by molar-refractivity contribution is -0.138. The molecule has 0 aromatic rings. The first-order valence-electron chi connectivity index (χ1n) is 4.18. The first kappa shape index (κ1) is 9.81. The summed E-state index contributed by atoms with van der Waals surface area (Å²) in [4.78, 5) is 13.3. The first-order chi connectivity index (χ1) is 5.75. The first-order valence-corrected chi connectivity index (χ1v) is 4.71. The van der Waals surface area contributed by atoms with Gasteiger partial charge in [0, 0.05) is 24.9 Å². The number of carbonyl (C=O) groups is 1. The summed E-state index contributed by atoms with van der Waals surface area (Å²) in [6, 6.07) is 0. The minimum atomic E-state index is -0.0650. The predicted octanol–water partition coefficient (Wildman–Crippen LogP) is 0.720. The minimum absolute atomic E-state index is 0.0650. The van der Waals surface area contributed by atoms with Crippen molar-refractivity contribution in [2.75, 3.05) is 32.2 Å². The number of rotatable bonds is 2. The van der Waals surface area contributed by atoms with E-state index in [2.05, 4.69) is 0 Å². The van der Waals surface area contributed by atoms with E-state index < -0.39 is 0 Å². The van der Waals surface area contributed by atoms with E-state index in [0.717, 1.165) is 0 Å². The molecule has 0 aliphatic carbocycles. The number of amides is 1. The molecule has 0 spiro atoms. The van der Waals surface area contributed by atoms with Gasteiger partial charge in [-0.25, -0.2) is 0 Å². The lowest BCUT2D eigenvalue weighted by Crippen LogP contribution is -2.43. The van der Waals surface area contributed by atoms with Crippen LogP contribution in [-0.2, 0) is 9.53 Å². The van der Waals surface area contributed by atoms with Crippen molar-refractivity contribution in [1.29, 1.82) is 0 Å². The van der Waals surface area contributed by atoms with Crippen LogP contribution in [0.1, 0.15) is 6.92 Å². The van der Waals surface area contributed by atoms with Crippen molar-refractivity contribution in [3.8, 4) is 0 Å². The Morgan fingerprint density at radius 2 is 2.17 bits per heavy atom. The SMILES string of the molecule is CC(CCl)C(=O)N1CCOCC1. The molecule has 1 atom stereocenters. The molecule has 0 saturated carbocycles. The molecule has 0 N–H and O–H groups in total. The van der Waals surface area contributed by atoms with Crippen molar-refractivity contribution in [2.45, 2.75) is 6.92 Å². The van der Waals surface area contributed by atoms with Gasteiger partial charge in [0.05, 0.1) is 13.2 Å². The molecule has 1 aliphatic rings. The lowest BCUT2D eigenvalue weighted by atomic mass is 10.2. The van der Waals surface area contributed by atoms with Crippen LogP contribution in [0.15, 0.2) is 0 Å². The van der Waals surface area contributed by atoms with Crippen molar-refractivity contribution in [3.05, 3.63) is 0 Å². The van der Waals surface area contributed by atoms with E-state index in [-0.39, 0.29) is 11.8 Å². The average Bonchev–Trinajstić information content (AvgIpc) is 2.17. The van der Waals surface area contributed by atoms with Crippen molar-refractivity contribution in [1.82, 2.24) is 4.90 Å². The molecule has 1 aliphatic heterocycles. The summed E-state index contributed by atoms with van der Waals surface area (Å²) in [6.45, 7) is 4.58. The van der Waals surface area contributed by atoms with Crippen LogP contribution in [0.5, 0.6) is 0 Å². The molecule has 1 heterocycles. The summed E-state index contributed by atoms with van der Waals surface area (Å²) >= 11 is 5.59. The fourth-order valence-electron chi connectivity index (χ4n) is 1.16. The summed E-state index contributed by atoms with van der Waals surface area (Å²) in [5.74, 6) is 0.481. The molecule has 1 saturated heterocycles. The molecule has 12 heavy (non-hydrogen) atoms. The van der Waals surface area contributed by atoms with Crippen molar-refractivity contribution < 1.29 is 9.53 Å². The van der Waals surface area contributed by atoms with Crippen LogP contribution >= 0.6 is 11.6 Å². The maximum Gasteiger partial charge on any atom is 0.226 e. The Bertz CT molecular complexity index is 157. The van der Waals surface area contributed by atoms with Crippen molar-refractivity contribution in [2.24, 2.45) is 5.92 Å². The highest BCUT2D eigenvalue weighted by molar-refractivity contribution is 6.19. The topological polar surface area (TPSA) is 29.5 Å². The molecule has 70 valence electrons. The number of hydrogen-bond acceptors (Lipinski definition) is 2. The summed E-state index contributed by atoms with van der Waals surface area (Å²) in [6.07, 6.45) is 0. The van der Waals surface area contributed by atoms with Gasteiger partial charge >= 0.3 is 0 Å². The third kappa shape index (κ3) is 2.35. The van der Waals surface area contributed by atoms with E-state index in [0.29, 0.717) is 32.2 Å². The van der Waals surface area contributed by atoms with Gasteiger partial charge in [-0.05, 0) is 0 Å². The molecular formula is C8H14ClNO2. The molecule has 0 bridgehead atoms. The molecule has 0 aromatic heterocycles. The lowest BCUT2D eigenvalue weighted by Gasteiger charge is -2.28. The Labute approximate surface area is 77.6 Å². The number of halogens is 1. The quantitative estimate of drug-likeness (QED) is 0.602. The van der Waals surface area contributed by atoms with Gasteiger partial charge in [0.25, 0.3) is 0 Å². The van der Waals surface area contributed by atoms with Gasteiger partial charge in [0.15, 0.2) is 0 Å². The van der Waals surface area contributed by atoms with Gasteiger partial charge in [-0.3, -0.25) is 4.79 Å². The minimum Gasteiger partial charge on any atom is -0.378 e. The highest BCUT2D eigenvalue weighted by Gasteiger charge is 2.21. The van der Waals surface area contributed by atoms with Gasteiger partial charge < -0.3 is 9.64 Å². The number of alkyl halides is 1. The monoisotopic (exact) mass is 191 g/mol. The zero-order valence-corrected chi connectivity index (χ0v) is 8.01. The van der Waals surface area contributed by atoms with Crippen LogP contribution in [0.2, 0.25) is 0 Å². The maximum absolute atomic E-state index is 11.5. The van der Waals surface area contributed by atoms with E-state index in [1.165, 1.54) is 0 Å². The zero-order chi connectivity index (χ0) is 8.97. The van der Waals surface area contributed by atoms with Crippen molar-refractivity contribution >= 4 is 17.5 Å². The second-order valence-electron chi connectivity index (χ2n) is 2.99. The zero-order valence-electron chi connectivity index (χ0n) is 7.25. The second-order valence-corrected chi connectivity index (χ2v) is 3.30. The number of nitrogens with zero attached hydrogens (tertiary/aromatic N) is 1. The molecule has 1 fully saturated rings. The fraction of sp³-hybridized carbons (Fsp3) is 0.875. The van der Waals surface area contributed by atoms with E-state index in [9.17, 15) is 4.79 Å². The summed E-state index contributed by atoms with van der Waals surface area (Å²) < 4.78 is 5.14. The van der Waals surface area contributed by atoms with Crippen LogP contribution in [-0.4, -0.2) is 43.0 Å². The van der Waals surface area contributed by atoms with Crippen LogP contribution < -0.4 is 0 Å². The standard InChI is InChI=1S/C8H14ClNO2/c1-7(6-9)8(11)10-2-4-12-5-3-10/h7H,2-6H2,1H3. The highest BCUT2D eigenvalue weighted by atomic mass is 35.5. The van der Waals surface area contributed by atoms with Gasteiger partial charge in [0.2, 0.25) is 5.91 Å². The van der Waals surface area contributed by atoms with Gasteiger partial charge in [-0.1, -0.05) is 6.92 Å². The maximum atomic E-state index is 11.5. The number of carbonyl (C=O) groups excluding carboxylic acids is 1. The molecular weight excluding hydrogens is 178 g/mol. The van der Waals surface area contributed by atoms with Crippen LogP contribution in [0, 0.1) is 5.92 Å². The van der Waals surface area contributed by atoms with Crippen LogP contribution in [0.25, 0.3) is 0 Å². The van der Waals surface area contributed by atoms with Gasteiger partial charge in [-0.15, -0.1) is 11.6 Å². The fourth-order valence-corrected chi connectivity index (χ4v) is 1.29. The molecule has 0 radical (unpaired) electrons. The summed E-state index contributed by atoms with van der Waals surface area (Å²) in [5.41, 5.74) is 0. The normalized spacial score (nSPS) is 20.7. The van der Waals surface area contributed by atoms with Crippen LogP contribution in [0.4, 0.5) is 0 Å². The summed E-state index contributed by atoms with van der Waals surface area (Å²) in [7, 11) is 0. The molecule has 1 rings (SSSR count). The molecule has 1 amide bonds. The van der Waals surface area contributed by atoms with E-state index in [4.69, 9.17) is 16.3 Å². The number of hydrogen-bond donors (Lipinski definition) is 0. The number of morpholine rings is 1. The van der Waals surface area contributed by atoms with E-state index >= 15 is 0 Å². The van der Waals surface area contributed by atoms with E-state index in [1.54, 1.807) is 0 Å². The third-order valence-corrected chi connectivity index (χ3v) is 2.44. The Morgan fingerprint density at radius 1 is 1.58 bits per heavy atom.